The lowest BCUT2D eigenvalue weighted by atomic mass is 10.1. The van der Waals surface area contributed by atoms with E-state index >= 15 is 0 Å². The number of pyridine rings is 1. The second-order valence-corrected chi connectivity index (χ2v) is 5.45. The number of nitrogens with one attached hydrogen (secondary N) is 1. The minimum Gasteiger partial charge on any atom is -0.366 e. The van der Waals surface area contributed by atoms with Crippen LogP contribution < -0.4 is 22.2 Å². The van der Waals surface area contributed by atoms with Crippen LogP contribution in [0.2, 0.25) is 0 Å². The van der Waals surface area contributed by atoms with Gasteiger partial charge in [-0.05, 0) is 32.0 Å². The van der Waals surface area contributed by atoms with E-state index < -0.39 is 17.0 Å². The summed E-state index contributed by atoms with van der Waals surface area (Å²) in [7, 11) is 1.49. The van der Waals surface area contributed by atoms with Gasteiger partial charge in [0.25, 0.3) is 0 Å². The second-order valence-electron chi connectivity index (χ2n) is 5.45. The van der Waals surface area contributed by atoms with E-state index in [0.717, 1.165) is 25.9 Å². The molecule has 10 heteroatoms. The number of aryl methyl sites for hydroxylation is 1. The lowest BCUT2D eigenvalue weighted by Gasteiger charge is -2.25. The topological polar surface area (TPSA) is 112 Å². The molecule has 1 amide bonds. The highest BCUT2D eigenvalue weighted by Crippen LogP contribution is 2.20. The molecule has 8 nitrogen and oxygen atoms in total. The summed E-state index contributed by atoms with van der Waals surface area (Å²) in [5, 5.41) is 3.22. The molecular formula is C14H19Cl2N5O3. The highest BCUT2D eigenvalue weighted by atomic mass is 35.5. The molecule has 0 spiro atoms. The SMILES string of the molecule is Cl.Cl.Cn1c(=O)c(=O)n(C2CCNCC2)c2ncc(C(N)=O)cc21. The van der Waals surface area contributed by atoms with Gasteiger partial charge in [0.05, 0.1) is 11.1 Å². The van der Waals surface area contributed by atoms with E-state index in [2.05, 4.69) is 10.3 Å². The Morgan fingerprint density at radius 3 is 2.46 bits per heavy atom. The van der Waals surface area contributed by atoms with Gasteiger partial charge in [-0.1, -0.05) is 0 Å². The van der Waals surface area contributed by atoms with Gasteiger partial charge in [-0.2, -0.15) is 0 Å². The average molecular weight is 376 g/mol. The van der Waals surface area contributed by atoms with Crippen molar-refractivity contribution in [1.82, 2.24) is 19.4 Å². The van der Waals surface area contributed by atoms with Gasteiger partial charge in [0.15, 0.2) is 5.65 Å². The van der Waals surface area contributed by atoms with Gasteiger partial charge in [0.1, 0.15) is 0 Å². The molecule has 3 rings (SSSR count). The van der Waals surface area contributed by atoms with Gasteiger partial charge >= 0.3 is 11.1 Å². The Kier molecular flexibility index (Phi) is 6.53. The van der Waals surface area contributed by atoms with E-state index in [0.29, 0.717) is 11.2 Å². The first kappa shape index (κ1) is 20.1. The third-order valence-corrected chi connectivity index (χ3v) is 4.10. The number of carbonyl (C=O) groups excluding carboxylic acids is 1. The maximum atomic E-state index is 12.4. The average Bonchev–Trinajstić information content (AvgIpc) is 2.53. The Bertz CT molecular complexity index is 871. The van der Waals surface area contributed by atoms with Crippen LogP contribution in [0.15, 0.2) is 21.9 Å². The standard InChI is InChI=1S/C14H17N5O3.2ClH/c1-18-10-6-8(11(15)20)7-17-12(10)19(14(22)13(18)21)9-2-4-16-5-3-9;;/h6-7,9,16H,2-5H2,1H3,(H2,15,20);2*1H. The number of nitrogens with two attached hydrogens (primary N) is 1. The van der Waals surface area contributed by atoms with Crippen molar-refractivity contribution in [2.75, 3.05) is 13.1 Å². The van der Waals surface area contributed by atoms with E-state index in [9.17, 15) is 14.4 Å². The summed E-state index contributed by atoms with van der Waals surface area (Å²) in [6.45, 7) is 1.57. The molecule has 3 heterocycles. The zero-order chi connectivity index (χ0) is 15.9. The van der Waals surface area contributed by atoms with Gasteiger partial charge in [0, 0.05) is 19.3 Å². The first-order valence-electron chi connectivity index (χ1n) is 7.12. The predicted octanol–water partition coefficient (Wildman–Crippen LogP) is -0.0378. The zero-order valence-corrected chi connectivity index (χ0v) is 14.7. The predicted molar refractivity (Wildman–Crippen MR) is 95.4 cm³/mol. The molecule has 0 aromatic carbocycles. The number of rotatable bonds is 2. The molecule has 132 valence electrons. The van der Waals surface area contributed by atoms with E-state index in [1.165, 1.54) is 28.4 Å². The van der Waals surface area contributed by atoms with Gasteiger partial charge < -0.3 is 15.6 Å². The number of piperidine rings is 1. The molecule has 0 aliphatic carbocycles. The molecule has 0 unspecified atom stereocenters. The number of hydrogen-bond donors (Lipinski definition) is 2. The number of nitrogens with zero attached hydrogens (tertiary/aromatic N) is 3. The Hall–Kier alpha value is -1.90. The minimum atomic E-state index is -0.630. The van der Waals surface area contributed by atoms with Crippen molar-refractivity contribution in [2.45, 2.75) is 18.9 Å². The fourth-order valence-corrected chi connectivity index (χ4v) is 2.87. The van der Waals surface area contributed by atoms with Crippen LogP contribution in [0, 0.1) is 0 Å². The Balaban J connectivity index is 0.00000144. The fraction of sp³-hybridized carbons (Fsp3) is 0.429. The largest absolute Gasteiger partial charge is 0.366 e. The molecule has 0 bridgehead atoms. The minimum absolute atomic E-state index is 0. The zero-order valence-electron chi connectivity index (χ0n) is 13.0. The molecule has 0 saturated carbocycles. The summed E-state index contributed by atoms with van der Waals surface area (Å²) in [6, 6.07) is 1.43. The first-order valence-corrected chi connectivity index (χ1v) is 7.12. The van der Waals surface area contributed by atoms with Gasteiger partial charge in [-0.15, -0.1) is 24.8 Å². The first-order chi connectivity index (χ1) is 10.5. The fourth-order valence-electron chi connectivity index (χ4n) is 2.87. The molecule has 1 aliphatic rings. The van der Waals surface area contributed by atoms with Crippen LogP contribution in [0.5, 0.6) is 0 Å². The molecular weight excluding hydrogens is 357 g/mol. The summed E-state index contributed by atoms with van der Waals surface area (Å²) in [5.41, 5.74) is 5.09. The van der Waals surface area contributed by atoms with Crippen molar-refractivity contribution < 1.29 is 4.79 Å². The molecule has 0 atom stereocenters. The summed E-state index contributed by atoms with van der Waals surface area (Å²) in [4.78, 5) is 40.1. The summed E-state index contributed by atoms with van der Waals surface area (Å²) in [5.74, 6) is -0.624. The molecule has 3 N–H and O–H groups in total. The van der Waals surface area contributed by atoms with Gasteiger partial charge in [-0.25, -0.2) is 4.98 Å². The molecule has 1 aliphatic heterocycles. The number of hydrogen-bond acceptors (Lipinski definition) is 5. The van der Waals surface area contributed by atoms with Gasteiger partial charge in [0.2, 0.25) is 5.91 Å². The number of amides is 1. The normalized spacial score (nSPS) is 14.7. The van der Waals surface area contributed by atoms with Crippen LogP contribution in [0.1, 0.15) is 29.2 Å². The van der Waals surface area contributed by atoms with Crippen LogP contribution in [0.4, 0.5) is 0 Å². The lowest BCUT2D eigenvalue weighted by molar-refractivity contribution is 0.1000. The lowest BCUT2D eigenvalue weighted by Crippen LogP contribution is -2.44. The number of primary amides is 1. The van der Waals surface area contributed by atoms with Crippen molar-refractivity contribution in [2.24, 2.45) is 12.8 Å². The molecule has 2 aromatic rings. The maximum Gasteiger partial charge on any atom is 0.318 e. The van der Waals surface area contributed by atoms with Crippen molar-refractivity contribution in [3.8, 4) is 0 Å². The quantitative estimate of drug-likeness (QED) is 0.715. The molecule has 2 aromatic heterocycles. The Morgan fingerprint density at radius 1 is 1.25 bits per heavy atom. The Labute approximate surface area is 149 Å². The van der Waals surface area contributed by atoms with E-state index in [4.69, 9.17) is 5.73 Å². The van der Waals surface area contributed by atoms with E-state index in [1.807, 2.05) is 0 Å². The van der Waals surface area contributed by atoms with Crippen LogP contribution in [0.25, 0.3) is 11.2 Å². The van der Waals surface area contributed by atoms with Crippen molar-refractivity contribution in [3.63, 3.8) is 0 Å². The van der Waals surface area contributed by atoms with E-state index in [-0.39, 0.29) is 36.4 Å². The van der Waals surface area contributed by atoms with E-state index in [1.54, 1.807) is 0 Å². The van der Waals surface area contributed by atoms with Gasteiger partial charge in [-0.3, -0.25) is 19.0 Å². The monoisotopic (exact) mass is 375 g/mol. The summed E-state index contributed by atoms with van der Waals surface area (Å²) in [6.07, 6.45) is 2.84. The second kappa shape index (κ2) is 7.78. The van der Waals surface area contributed by atoms with Crippen molar-refractivity contribution in [1.29, 1.82) is 0 Å². The van der Waals surface area contributed by atoms with Crippen LogP contribution in [0.3, 0.4) is 0 Å². The molecule has 24 heavy (non-hydrogen) atoms. The maximum absolute atomic E-state index is 12.4. The Morgan fingerprint density at radius 2 is 1.88 bits per heavy atom. The third kappa shape index (κ3) is 3.31. The number of carbonyl (C=O) groups is 1. The number of aromatic nitrogens is 3. The molecule has 0 radical (unpaired) electrons. The molecule has 1 fully saturated rings. The van der Waals surface area contributed by atoms with Crippen LogP contribution in [-0.4, -0.2) is 33.1 Å². The highest BCUT2D eigenvalue weighted by molar-refractivity contribution is 5.95. The van der Waals surface area contributed by atoms with Crippen LogP contribution >= 0.6 is 24.8 Å². The summed E-state index contributed by atoms with van der Waals surface area (Å²) >= 11 is 0. The summed E-state index contributed by atoms with van der Waals surface area (Å²) < 4.78 is 2.68. The highest BCUT2D eigenvalue weighted by Gasteiger charge is 2.22. The number of halogens is 2. The van der Waals surface area contributed by atoms with Crippen LogP contribution in [-0.2, 0) is 7.05 Å². The van der Waals surface area contributed by atoms with Crippen molar-refractivity contribution >= 4 is 41.9 Å². The number of fused-ring (bicyclic) bond motifs is 1. The van der Waals surface area contributed by atoms with Crippen molar-refractivity contribution in [3.05, 3.63) is 38.5 Å². The smallest absolute Gasteiger partial charge is 0.318 e. The third-order valence-electron chi connectivity index (χ3n) is 4.10. The molecule has 1 saturated heterocycles.